The Kier molecular flexibility index (Phi) is 2.98. The quantitative estimate of drug-likeness (QED) is 0.789. The molecule has 0 aromatic carbocycles. The SMILES string of the molecule is CCCc1cc(=O)c(C(F)(F)F)c[nH]1. The van der Waals surface area contributed by atoms with E-state index in [4.69, 9.17) is 0 Å². The zero-order valence-electron chi connectivity index (χ0n) is 7.61. The smallest absolute Gasteiger partial charge is 0.364 e. The number of alkyl halides is 3. The summed E-state index contributed by atoms with van der Waals surface area (Å²) in [5.74, 6) is 0. The minimum Gasteiger partial charge on any atom is -0.364 e. The Morgan fingerprint density at radius 2 is 2.07 bits per heavy atom. The molecule has 1 aromatic rings. The van der Waals surface area contributed by atoms with Crippen molar-refractivity contribution in [3.63, 3.8) is 0 Å². The van der Waals surface area contributed by atoms with Crippen LogP contribution >= 0.6 is 0 Å². The summed E-state index contributed by atoms with van der Waals surface area (Å²) in [6, 6.07) is 1.01. The van der Waals surface area contributed by atoms with Crippen LogP contribution in [0.4, 0.5) is 13.2 Å². The molecule has 0 aliphatic carbocycles. The van der Waals surface area contributed by atoms with Crippen LogP contribution in [0.25, 0.3) is 0 Å². The van der Waals surface area contributed by atoms with Gasteiger partial charge in [-0.05, 0) is 6.42 Å². The van der Waals surface area contributed by atoms with Gasteiger partial charge in [0.2, 0.25) is 0 Å². The standard InChI is InChI=1S/C9H10F3NO/c1-2-3-6-4-8(14)7(5-13-6)9(10,11)12/h4-5H,2-3H2,1H3,(H,13,14). The van der Waals surface area contributed by atoms with E-state index in [1.54, 1.807) is 0 Å². The maximum atomic E-state index is 12.1. The molecule has 0 aliphatic rings. The van der Waals surface area contributed by atoms with Crippen LogP contribution in [0.15, 0.2) is 17.1 Å². The predicted molar refractivity (Wildman–Crippen MR) is 46.1 cm³/mol. The number of pyridine rings is 1. The van der Waals surface area contributed by atoms with Crippen LogP contribution < -0.4 is 5.43 Å². The summed E-state index contributed by atoms with van der Waals surface area (Å²) in [5, 5.41) is 0. The number of hydrogen-bond acceptors (Lipinski definition) is 1. The van der Waals surface area contributed by atoms with Crippen LogP contribution in [0.5, 0.6) is 0 Å². The highest BCUT2D eigenvalue weighted by molar-refractivity contribution is 5.17. The first-order chi connectivity index (χ1) is 6.45. The van der Waals surface area contributed by atoms with Gasteiger partial charge in [0.1, 0.15) is 5.56 Å². The van der Waals surface area contributed by atoms with Gasteiger partial charge in [0, 0.05) is 18.0 Å². The molecule has 1 aromatic heterocycles. The molecule has 0 atom stereocenters. The lowest BCUT2D eigenvalue weighted by Crippen LogP contribution is -2.19. The molecule has 0 saturated carbocycles. The fourth-order valence-corrected chi connectivity index (χ4v) is 1.15. The van der Waals surface area contributed by atoms with E-state index >= 15 is 0 Å². The lowest BCUT2D eigenvalue weighted by atomic mass is 10.2. The Labute approximate surface area is 78.8 Å². The molecule has 14 heavy (non-hydrogen) atoms. The summed E-state index contributed by atoms with van der Waals surface area (Å²) in [6.45, 7) is 1.88. The number of halogens is 3. The van der Waals surface area contributed by atoms with Crippen LogP contribution in [-0.4, -0.2) is 4.98 Å². The summed E-state index contributed by atoms with van der Waals surface area (Å²) in [5.41, 5.74) is -1.58. The Morgan fingerprint density at radius 3 is 2.50 bits per heavy atom. The summed E-state index contributed by atoms with van der Waals surface area (Å²) in [6.07, 6.45) is -2.49. The Balaban J connectivity index is 3.09. The highest BCUT2D eigenvalue weighted by Crippen LogP contribution is 2.25. The molecule has 0 unspecified atom stereocenters. The van der Waals surface area contributed by atoms with Gasteiger partial charge in [-0.25, -0.2) is 0 Å². The van der Waals surface area contributed by atoms with Crippen molar-refractivity contribution in [2.75, 3.05) is 0 Å². The van der Waals surface area contributed by atoms with E-state index < -0.39 is 17.2 Å². The van der Waals surface area contributed by atoms with Crippen LogP contribution in [0.1, 0.15) is 24.6 Å². The van der Waals surface area contributed by atoms with Crippen molar-refractivity contribution in [1.29, 1.82) is 0 Å². The van der Waals surface area contributed by atoms with E-state index in [0.29, 0.717) is 12.1 Å². The van der Waals surface area contributed by atoms with Crippen molar-refractivity contribution >= 4 is 0 Å². The van der Waals surface area contributed by atoms with Gasteiger partial charge in [0.25, 0.3) is 0 Å². The zero-order valence-corrected chi connectivity index (χ0v) is 7.61. The molecule has 0 bridgehead atoms. The minimum atomic E-state index is -4.57. The van der Waals surface area contributed by atoms with Crippen LogP contribution in [0, 0.1) is 0 Å². The summed E-state index contributed by atoms with van der Waals surface area (Å²) < 4.78 is 36.4. The summed E-state index contributed by atoms with van der Waals surface area (Å²) in [7, 11) is 0. The first-order valence-corrected chi connectivity index (χ1v) is 4.24. The molecular formula is C9H10F3NO. The normalized spacial score (nSPS) is 11.7. The molecule has 1 N–H and O–H groups in total. The molecule has 5 heteroatoms. The van der Waals surface area contributed by atoms with Crippen LogP contribution in [0.2, 0.25) is 0 Å². The molecule has 1 rings (SSSR count). The number of aryl methyl sites for hydroxylation is 1. The molecule has 0 fully saturated rings. The largest absolute Gasteiger partial charge is 0.421 e. The highest BCUT2D eigenvalue weighted by atomic mass is 19.4. The topological polar surface area (TPSA) is 32.9 Å². The lowest BCUT2D eigenvalue weighted by molar-refractivity contribution is -0.138. The molecule has 0 saturated heterocycles. The number of rotatable bonds is 2. The molecule has 0 amide bonds. The van der Waals surface area contributed by atoms with Crippen molar-refractivity contribution in [2.24, 2.45) is 0 Å². The van der Waals surface area contributed by atoms with Gasteiger partial charge >= 0.3 is 6.18 Å². The van der Waals surface area contributed by atoms with E-state index in [1.807, 2.05) is 6.92 Å². The molecule has 0 aliphatic heterocycles. The van der Waals surface area contributed by atoms with Gasteiger partial charge in [0.05, 0.1) is 0 Å². The van der Waals surface area contributed by atoms with Gasteiger partial charge in [0.15, 0.2) is 5.43 Å². The third-order valence-corrected chi connectivity index (χ3v) is 1.80. The Hall–Kier alpha value is -1.26. The molecule has 78 valence electrons. The number of nitrogens with one attached hydrogen (secondary N) is 1. The zero-order chi connectivity index (χ0) is 10.8. The average Bonchev–Trinajstić information content (AvgIpc) is 2.02. The van der Waals surface area contributed by atoms with Crippen molar-refractivity contribution < 1.29 is 13.2 Å². The van der Waals surface area contributed by atoms with Crippen molar-refractivity contribution in [1.82, 2.24) is 4.98 Å². The molecule has 0 radical (unpaired) electrons. The minimum absolute atomic E-state index is 0.533. The van der Waals surface area contributed by atoms with Crippen molar-refractivity contribution in [3.05, 3.63) is 33.7 Å². The maximum absolute atomic E-state index is 12.1. The van der Waals surface area contributed by atoms with E-state index in [2.05, 4.69) is 4.98 Å². The second-order valence-corrected chi connectivity index (χ2v) is 2.98. The third kappa shape index (κ3) is 2.37. The molecule has 1 heterocycles. The number of H-pyrrole nitrogens is 1. The Morgan fingerprint density at radius 1 is 1.43 bits per heavy atom. The average molecular weight is 205 g/mol. The maximum Gasteiger partial charge on any atom is 0.421 e. The van der Waals surface area contributed by atoms with E-state index in [-0.39, 0.29) is 0 Å². The third-order valence-electron chi connectivity index (χ3n) is 1.80. The van der Waals surface area contributed by atoms with E-state index in [1.165, 1.54) is 0 Å². The van der Waals surface area contributed by atoms with Gasteiger partial charge in [-0.3, -0.25) is 4.79 Å². The monoisotopic (exact) mass is 205 g/mol. The summed E-state index contributed by atoms with van der Waals surface area (Å²) in [4.78, 5) is 13.5. The molecular weight excluding hydrogens is 195 g/mol. The molecule has 0 spiro atoms. The van der Waals surface area contributed by atoms with Crippen molar-refractivity contribution in [3.8, 4) is 0 Å². The summed E-state index contributed by atoms with van der Waals surface area (Å²) >= 11 is 0. The van der Waals surface area contributed by atoms with Gasteiger partial charge < -0.3 is 4.98 Å². The van der Waals surface area contributed by atoms with E-state index in [0.717, 1.165) is 18.7 Å². The molecule has 2 nitrogen and oxygen atoms in total. The van der Waals surface area contributed by atoms with Crippen LogP contribution in [-0.2, 0) is 12.6 Å². The van der Waals surface area contributed by atoms with Gasteiger partial charge in [-0.15, -0.1) is 0 Å². The number of hydrogen-bond donors (Lipinski definition) is 1. The lowest BCUT2D eigenvalue weighted by Gasteiger charge is -2.06. The fraction of sp³-hybridized carbons (Fsp3) is 0.444. The van der Waals surface area contributed by atoms with E-state index in [9.17, 15) is 18.0 Å². The van der Waals surface area contributed by atoms with Crippen LogP contribution in [0.3, 0.4) is 0 Å². The fourth-order valence-electron chi connectivity index (χ4n) is 1.15. The Bertz CT molecular complexity index is 367. The second-order valence-electron chi connectivity index (χ2n) is 2.98. The van der Waals surface area contributed by atoms with Gasteiger partial charge in [-0.2, -0.15) is 13.2 Å². The van der Waals surface area contributed by atoms with Gasteiger partial charge in [-0.1, -0.05) is 13.3 Å². The highest BCUT2D eigenvalue weighted by Gasteiger charge is 2.33. The number of aromatic nitrogens is 1. The number of aromatic amines is 1. The first-order valence-electron chi connectivity index (χ1n) is 4.24. The van der Waals surface area contributed by atoms with Crippen molar-refractivity contribution in [2.45, 2.75) is 25.9 Å². The predicted octanol–water partition coefficient (Wildman–Crippen LogP) is 2.35. The second kappa shape index (κ2) is 3.86. The first kappa shape index (κ1) is 10.8.